The molecule has 0 aliphatic heterocycles. The summed E-state index contributed by atoms with van der Waals surface area (Å²) in [7, 11) is 1.50. The van der Waals surface area contributed by atoms with Crippen molar-refractivity contribution in [3.8, 4) is 0 Å². The average Bonchev–Trinajstić information content (AvgIpc) is 3.45. The zero-order chi connectivity index (χ0) is 32.5. The maximum atomic E-state index is 12.5. The second-order valence-electron chi connectivity index (χ2n) is 11.6. The largest absolute Gasteiger partial charge is 0.477 e. The van der Waals surface area contributed by atoms with E-state index >= 15 is 0 Å². The molecule has 16 heteroatoms. The summed E-state index contributed by atoms with van der Waals surface area (Å²) in [5.74, 6) is -1.99. The molecule has 2 aromatic heterocycles. The second kappa shape index (κ2) is 14.2. The van der Waals surface area contributed by atoms with Gasteiger partial charge in [-0.2, -0.15) is 0 Å². The molecule has 2 heterocycles. The first-order valence-corrected chi connectivity index (χ1v) is 14.3. The fourth-order valence-corrected chi connectivity index (χ4v) is 6.07. The third kappa shape index (κ3) is 7.05. The van der Waals surface area contributed by atoms with Gasteiger partial charge in [-0.25, -0.2) is 14.3 Å². The zero-order valence-electron chi connectivity index (χ0n) is 24.9. The standard InChI is InChI=1S/C19H14N6O6.C11H19NO2.CH4.ClH/c20-14-15(17(28)16(14)27)22-9-3-1-2-8(4-9)7-21-18(29)10-5-11(19(30)31)25-12(23-10)6-13(26)24-25;1-14-9(13)11-5-2-10(8-12,3-6-11)4-7-11;;/h1-6,22H,7,20H2,(H,21,29)(H,24,26)(H,30,31);2-8,12H2,1H3;1H4;1H. The van der Waals surface area contributed by atoms with Crippen LogP contribution in [-0.2, 0) is 16.1 Å². The van der Waals surface area contributed by atoms with Gasteiger partial charge in [0.2, 0.25) is 0 Å². The number of H-pyrrole nitrogens is 1. The molecule has 15 nitrogen and oxygen atoms in total. The lowest BCUT2D eigenvalue weighted by Crippen LogP contribution is -2.49. The number of nitrogen functional groups attached to an aromatic ring is 1. The van der Waals surface area contributed by atoms with Gasteiger partial charge in [-0.3, -0.25) is 29.1 Å². The van der Waals surface area contributed by atoms with Crippen molar-refractivity contribution in [3.63, 3.8) is 0 Å². The molecule has 47 heavy (non-hydrogen) atoms. The van der Waals surface area contributed by atoms with Gasteiger partial charge in [0.25, 0.3) is 22.3 Å². The van der Waals surface area contributed by atoms with Crippen LogP contribution in [0.4, 0.5) is 17.1 Å². The number of amides is 1. The number of hydrogen-bond donors (Lipinski definition) is 6. The van der Waals surface area contributed by atoms with E-state index in [0.717, 1.165) is 61.7 Å². The highest BCUT2D eigenvalue weighted by molar-refractivity contribution is 5.96. The molecule has 3 aliphatic rings. The van der Waals surface area contributed by atoms with Gasteiger partial charge in [-0.15, -0.1) is 12.4 Å². The summed E-state index contributed by atoms with van der Waals surface area (Å²) in [6, 6.07) is 8.80. The predicted octanol–water partition coefficient (Wildman–Crippen LogP) is 2.09. The number of hydrogen-bond acceptors (Lipinski definition) is 11. The van der Waals surface area contributed by atoms with Crippen molar-refractivity contribution in [2.75, 3.05) is 24.7 Å². The van der Waals surface area contributed by atoms with Crippen LogP contribution in [-0.4, -0.2) is 51.2 Å². The Labute approximate surface area is 274 Å². The van der Waals surface area contributed by atoms with E-state index in [0.29, 0.717) is 16.7 Å². The molecule has 0 unspecified atom stereocenters. The van der Waals surface area contributed by atoms with Gasteiger partial charge >= 0.3 is 11.9 Å². The molecule has 8 N–H and O–H groups in total. The summed E-state index contributed by atoms with van der Waals surface area (Å²) in [5, 5.41) is 17.0. The number of aromatic amines is 1. The minimum absolute atomic E-state index is 0. The first-order chi connectivity index (χ1) is 21.4. The van der Waals surface area contributed by atoms with E-state index in [9.17, 15) is 33.9 Å². The molecular weight excluding hydrogens is 634 g/mol. The van der Waals surface area contributed by atoms with Gasteiger partial charge in [0.05, 0.1) is 12.5 Å². The average molecular weight is 672 g/mol. The van der Waals surface area contributed by atoms with Gasteiger partial charge in [0.15, 0.2) is 11.3 Å². The number of nitrogens with zero attached hydrogens (tertiary/aromatic N) is 2. The molecule has 3 fully saturated rings. The molecule has 7 rings (SSSR count). The number of nitrogens with two attached hydrogens (primary N) is 2. The molecule has 0 spiro atoms. The summed E-state index contributed by atoms with van der Waals surface area (Å²) < 4.78 is 5.88. The Morgan fingerprint density at radius 3 is 2.28 bits per heavy atom. The number of ether oxygens (including phenoxy) is 1. The van der Waals surface area contributed by atoms with Crippen molar-refractivity contribution >= 4 is 53.0 Å². The fraction of sp³-hybridized carbons (Fsp3) is 0.387. The SMILES string of the molecule is C.COC(=O)C12CCC(CN)(CC1)CC2.Cl.Nc1c(Nc2cccc(CNC(=O)c3cc(C(=O)O)n4[nH]c(=O)cc4n3)c2)c(=O)c1=O. The number of fused-ring (bicyclic) bond motifs is 4. The van der Waals surface area contributed by atoms with Crippen molar-refractivity contribution < 1.29 is 24.2 Å². The van der Waals surface area contributed by atoms with Crippen molar-refractivity contribution in [2.24, 2.45) is 16.6 Å². The van der Waals surface area contributed by atoms with Crippen LogP contribution in [0.25, 0.3) is 5.65 Å². The van der Waals surface area contributed by atoms with Crippen LogP contribution >= 0.6 is 12.4 Å². The van der Waals surface area contributed by atoms with E-state index in [1.807, 2.05) is 0 Å². The lowest BCUT2D eigenvalue weighted by Gasteiger charge is -2.51. The van der Waals surface area contributed by atoms with Crippen LogP contribution in [0.1, 0.15) is 72.5 Å². The maximum absolute atomic E-state index is 12.5. The molecule has 3 aliphatic carbocycles. The quantitative estimate of drug-likeness (QED) is 0.117. The molecule has 1 amide bonds. The highest BCUT2D eigenvalue weighted by atomic mass is 35.5. The van der Waals surface area contributed by atoms with Crippen LogP contribution < -0.4 is 38.5 Å². The second-order valence-corrected chi connectivity index (χ2v) is 11.6. The van der Waals surface area contributed by atoms with Crippen LogP contribution in [0.2, 0.25) is 0 Å². The first-order valence-electron chi connectivity index (χ1n) is 14.3. The Bertz CT molecular complexity index is 1920. The summed E-state index contributed by atoms with van der Waals surface area (Å²) in [5.41, 5.74) is 10.0. The monoisotopic (exact) mass is 671 g/mol. The molecule has 2 aromatic carbocycles. The molecule has 0 saturated heterocycles. The number of rotatable bonds is 8. The summed E-state index contributed by atoms with van der Waals surface area (Å²) in [6.45, 7) is 0.842. The van der Waals surface area contributed by atoms with Crippen LogP contribution in [0.5, 0.6) is 0 Å². The van der Waals surface area contributed by atoms with Gasteiger partial charge in [-0.1, -0.05) is 19.6 Å². The molecular formula is C31H38ClN7O8. The Balaban J connectivity index is 0.000000316. The highest BCUT2D eigenvalue weighted by Crippen LogP contribution is 2.56. The lowest BCUT2D eigenvalue weighted by atomic mass is 9.54. The Morgan fingerprint density at radius 2 is 1.70 bits per heavy atom. The minimum atomic E-state index is -1.34. The molecule has 3 saturated carbocycles. The normalized spacial score (nSPS) is 19.4. The molecule has 2 bridgehead atoms. The number of anilines is 3. The lowest BCUT2D eigenvalue weighted by molar-refractivity contribution is -0.162. The predicted molar refractivity (Wildman–Crippen MR) is 177 cm³/mol. The molecule has 0 atom stereocenters. The highest BCUT2D eigenvalue weighted by Gasteiger charge is 2.52. The number of aromatic carboxylic acids is 1. The zero-order valence-corrected chi connectivity index (χ0v) is 25.7. The number of carboxylic acid groups (broad SMARTS) is 1. The summed E-state index contributed by atoms with van der Waals surface area (Å²) >= 11 is 0. The van der Waals surface area contributed by atoms with E-state index in [4.69, 9.17) is 16.2 Å². The maximum Gasteiger partial charge on any atom is 0.354 e. The number of methoxy groups -OCH3 is 1. The number of aromatic nitrogens is 3. The van der Waals surface area contributed by atoms with Gasteiger partial charge < -0.3 is 31.9 Å². The number of carboxylic acids is 1. The van der Waals surface area contributed by atoms with Gasteiger partial charge in [0.1, 0.15) is 17.1 Å². The number of halogens is 1. The molecule has 0 radical (unpaired) electrons. The number of nitrogens with one attached hydrogen (secondary N) is 3. The topological polar surface area (TPSA) is 241 Å². The number of esters is 1. The number of benzene rings is 1. The Kier molecular flexibility index (Phi) is 11.0. The van der Waals surface area contributed by atoms with E-state index in [1.54, 1.807) is 24.3 Å². The smallest absolute Gasteiger partial charge is 0.354 e. The Hall–Kier alpha value is -5.02. The van der Waals surface area contributed by atoms with Crippen LogP contribution in [0.15, 0.2) is 50.8 Å². The van der Waals surface area contributed by atoms with Crippen molar-refractivity contribution in [3.05, 3.63) is 84.1 Å². The van der Waals surface area contributed by atoms with Crippen molar-refractivity contribution in [2.45, 2.75) is 52.5 Å². The fourth-order valence-electron chi connectivity index (χ4n) is 6.07. The van der Waals surface area contributed by atoms with Crippen molar-refractivity contribution in [1.82, 2.24) is 19.9 Å². The summed E-state index contributed by atoms with van der Waals surface area (Å²) in [4.78, 5) is 73.8. The van der Waals surface area contributed by atoms with Crippen molar-refractivity contribution in [1.29, 1.82) is 0 Å². The van der Waals surface area contributed by atoms with E-state index in [1.165, 1.54) is 7.11 Å². The third-order valence-corrected chi connectivity index (χ3v) is 8.96. The van der Waals surface area contributed by atoms with Crippen LogP contribution in [0.3, 0.4) is 0 Å². The Morgan fingerprint density at radius 1 is 1.04 bits per heavy atom. The minimum Gasteiger partial charge on any atom is -0.477 e. The van der Waals surface area contributed by atoms with E-state index < -0.39 is 28.3 Å². The number of carbonyl (C=O) groups is 3. The van der Waals surface area contributed by atoms with E-state index in [-0.39, 0.29) is 66.2 Å². The van der Waals surface area contributed by atoms with E-state index in [2.05, 4.69) is 20.7 Å². The molecule has 252 valence electrons. The molecule has 4 aromatic rings. The first kappa shape index (κ1) is 36.4. The summed E-state index contributed by atoms with van der Waals surface area (Å²) in [6.07, 6.45) is 6.28. The third-order valence-electron chi connectivity index (χ3n) is 8.96. The van der Waals surface area contributed by atoms with Crippen LogP contribution in [0, 0.1) is 10.8 Å². The van der Waals surface area contributed by atoms with Gasteiger partial charge in [0, 0.05) is 24.4 Å². The number of carbonyl (C=O) groups excluding carboxylic acids is 2. The van der Waals surface area contributed by atoms with Gasteiger partial charge in [-0.05, 0) is 68.2 Å².